The summed E-state index contributed by atoms with van der Waals surface area (Å²) in [5.74, 6) is 0. The van der Waals surface area contributed by atoms with Gasteiger partial charge in [0.2, 0.25) is 0 Å². The average Bonchev–Trinajstić information content (AvgIpc) is 2.74. The second kappa shape index (κ2) is 5.63. The van der Waals surface area contributed by atoms with E-state index in [1.54, 1.807) is 0 Å². The maximum Gasteiger partial charge on any atom is 0.0864 e. The van der Waals surface area contributed by atoms with Crippen LogP contribution >= 0.6 is 11.6 Å². The van der Waals surface area contributed by atoms with E-state index in [4.69, 9.17) is 11.6 Å². The number of halogens is 1. The predicted molar refractivity (Wildman–Crippen MR) is 93.5 cm³/mol. The van der Waals surface area contributed by atoms with Crippen LogP contribution in [0.15, 0.2) is 41.4 Å². The molecule has 2 aromatic carbocycles. The largest absolute Gasteiger partial charge is 0.368 e. The minimum Gasteiger partial charge on any atom is -0.368 e. The molecule has 2 aliphatic heterocycles. The van der Waals surface area contributed by atoms with E-state index in [1.165, 1.54) is 0 Å². The Balaban J connectivity index is 1.82. The van der Waals surface area contributed by atoms with Gasteiger partial charge < -0.3 is 15.5 Å². The first-order valence-corrected chi connectivity index (χ1v) is 7.88. The van der Waals surface area contributed by atoms with E-state index in [2.05, 4.69) is 20.5 Å². The molecule has 0 saturated carbocycles. The van der Waals surface area contributed by atoms with Crippen molar-refractivity contribution in [2.75, 3.05) is 36.4 Å². The lowest BCUT2D eigenvalue weighted by molar-refractivity contribution is 0.589. The highest BCUT2D eigenvalue weighted by atomic mass is 35.5. The highest BCUT2D eigenvalue weighted by Crippen LogP contribution is 2.37. The SMILES string of the molecule is Clc1cc2c(c(N3CCNCC3)c1)C=Nc1ccccc1N2. The number of hydrogen-bond donors (Lipinski definition) is 2. The van der Waals surface area contributed by atoms with Gasteiger partial charge >= 0.3 is 0 Å². The molecule has 0 spiro atoms. The van der Waals surface area contributed by atoms with Crippen LogP contribution in [0.2, 0.25) is 5.02 Å². The van der Waals surface area contributed by atoms with Gasteiger partial charge in [0.1, 0.15) is 0 Å². The maximum atomic E-state index is 6.35. The first-order valence-electron chi connectivity index (χ1n) is 7.50. The Labute approximate surface area is 134 Å². The van der Waals surface area contributed by atoms with Crippen LogP contribution in [0.4, 0.5) is 22.7 Å². The summed E-state index contributed by atoms with van der Waals surface area (Å²) in [5, 5.41) is 7.60. The van der Waals surface area contributed by atoms with Crippen LogP contribution < -0.4 is 15.5 Å². The number of hydrogen-bond acceptors (Lipinski definition) is 4. The Morgan fingerprint density at radius 1 is 1.05 bits per heavy atom. The first kappa shape index (κ1) is 13.6. The molecule has 22 heavy (non-hydrogen) atoms. The third kappa shape index (κ3) is 2.45. The summed E-state index contributed by atoms with van der Waals surface area (Å²) in [6.07, 6.45) is 1.95. The van der Waals surface area contributed by atoms with Crippen LogP contribution in [0.5, 0.6) is 0 Å². The Morgan fingerprint density at radius 2 is 1.86 bits per heavy atom. The lowest BCUT2D eigenvalue weighted by Crippen LogP contribution is -2.43. The normalized spacial score (nSPS) is 16.5. The minimum atomic E-state index is 0.743. The molecular formula is C17H17ClN4. The molecule has 4 rings (SSSR count). The van der Waals surface area contributed by atoms with E-state index in [-0.39, 0.29) is 0 Å². The summed E-state index contributed by atoms with van der Waals surface area (Å²) < 4.78 is 0. The Hall–Kier alpha value is -2.04. The molecule has 1 fully saturated rings. The Morgan fingerprint density at radius 3 is 2.73 bits per heavy atom. The van der Waals surface area contributed by atoms with Crippen molar-refractivity contribution in [1.29, 1.82) is 0 Å². The fourth-order valence-electron chi connectivity index (χ4n) is 2.98. The zero-order valence-electron chi connectivity index (χ0n) is 12.1. The quantitative estimate of drug-likeness (QED) is 0.722. The van der Waals surface area contributed by atoms with Gasteiger partial charge in [-0.2, -0.15) is 0 Å². The molecule has 0 aromatic heterocycles. The molecule has 0 radical (unpaired) electrons. The van der Waals surface area contributed by atoms with Gasteiger partial charge in [-0.3, -0.25) is 4.99 Å². The first-order chi connectivity index (χ1) is 10.8. The summed E-state index contributed by atoms with van der Waals surface area (Å²) in [5.41, 5.74) is 5.21. The number of para-hydroxylation sites is 2. The number of benzene rings is 2. The van der Waals surface area contributed by atoms with Gasteiger partial charge in [0.25, 0.3) is 0 Å². The van der Waals surface area contributed by atoms with Crippen LogP contribution in [0.25, 0.3) is 0 Å². The molecule has 2 N–H and O–H groups in total. The van der Waals surface area contributed by atoms with Crippen LogP contribution in [0.3, 0.4) is 0 Å². The number of anilines is 3. The molecule has 4 nitrogen and oxygen atoms in total. The van der Waals surface area contributed by atoms with E-state index in [1.807, 2.05) is 42.6 Å². The molecule has 0 unspecified atom stereocenters. The second-order valence-corrected chi connectivity index (χ2v) is 5.96. The van der Waals surface area contributed by atoms with Crippen molar-refractivity contribution in [3.63, 3.8) is 0 Å². The van der Waals surface area contributed by atoms with Crippen molar-refractivity contribution in [3.8, 4) is 0 Å². The summed E-state index contributed by atoms with van der Waals surface area (Å²) >= 11 is 6.35. The Bertz CT molecular complexity index is 735. The van der Waals surface area contributed by atoms with Gasteiger partial charge in [0, 0.05) is 48.7 Å². The van der Waals surface area contributed by atoms with Crippen LogP contribution in [0, 0.1) is 0 Å². The molecule has 1 saturated heterocycles. The van der Waals surface area contributed by atoms with E-state index < -0.39 is 0 Å². The molecule has 0 atom stereocenters. The third-order valence-corrected chi connectivity index (χ3v) is 4.30. The molecule has 2 aliphatic rings. The van der Waals surface area contributed by atoms with Crippen molar-refractivity contribution < 1.29 is 0 Å². The van der Waals surface area contributed by atoms with E-state index >= 15 is 0 Å². The topological polar surface area (TPSA) is 39.7 Å². The van der Waals surface area contributed by atoms with Gasteiger partial charge in [0.05, 0.1) is 17.1 Å². The highest BCUT2D eigenvalue weighted by molar-refractivity contribution is 6.31. The van der Waals surface area contributed by atoms with Gasteiger partial charge in [-0.05, 0) is 24.3 Å². The van der Waals surface area contributed by atoms with Crippen molar-refractivity contribution in [3.05, 3.63) is 47.0 Å². The van der Waals surface area contributed by atoms with Crippen molar-refractivity contribution in [2.45, 2.75) is 0 Å². The minimum absolute atomic E-state index is 0.743. The number of nitrogens with one attached hydrogen (secondary N) is 2. The van der Waals surface area contributed by atoms with Crippen molar-refractivity contribution in [2.24, 2.45) is 4.99 Å². The van der Waals surface area contributed by atoms with Crippen molar-refractivity contribution >= 4 is 40.6 Å². The highest BCUT2D eigenvalue weighted by Gasteiger charge is 2.19. The summed E-state index contributed by atoms with van der Waals surface area (Å²) in [4.78, 5) is 7.01. The Kier molecular flexibility index (Phi) is 3.48. The smallest absolute Gasteiger partial charge is 0.0864 e. The lowest BCUT2D eigenvalue weighted by Gasteiger charge is -2.31. The molecule has 5 heteroatoms. The van der Waals surface area contributed by atoms with Gasteiger partial charge in [-0.25, -0.2) is 0 Å². The summed E-state index contributed by atoms with van der Waals surface area (Å²) in [7, 11) is 0. The number of fused-ring (bicyclic) bond motifs is 2. The lowest BCUT2D eigenvalue weighted by atomic mass is 10.1. The number of aliphatic imine (C=N–C) groups is 1. The molecule has 2 aromatic rings. The standard InChI is InChI=1S/C17H17ClN4/c18-12-9-16-13(17(10-12)22-7-5-19-6-8-22)11-20-14-3-1-2-4-15(14)21-16/h1-4,9-11,19,21H,5-8H2. The predicted octanol–water partition coefficient (Wildman–Crippen LogP) is 3.56. The molecule has 2 heterocycles. The number of rotatable bonds is 1. The van der Waals surface area contributed by atoms with Crippen LogP contribution in [-0.4, -0.2) is 32.4 Å². The maximum absolute atomic E-state index is 6.35. The second-order valence-electron chi connectivity index (χ2n) is 5.52. The summed E-state index contributed by atoms with van der Waals surface area (Å²) in [6, 6.07) is 12.1. The van der Waals surface area contributed by atoms with Gasteiger partial charge in [0.15, 0.2) is 0 Å². The van der Waals surface area contributed by atoms with Crippen LogP contribution in [-0.2, 0) is 0 Å². The number of piperazine rings is 1. The fourth-order valence-corrected chi connectivity index (χ4v) is 3.19. The van der Waals surface area contributed by atoms with E-state index in [0.29, 0.717) is 0 Å². The van der Waals surface area contributed by atoms with E-state index in [9.17, 15) is 0 Å². The molecular weight excluding hydrogens is 296 g/mol. The molecule has 112 valence electrons. The molecule has 0 aliphatic carbocycles. The number of nitrogens with zero attached hydrogens (tertiary/aromatic N) is 2. The zero-order chi connectivity index (χ0) is 14.9. The average molecular weight is 313 g/mol. The van der Waals surface area contributed by atoms with Gasteiger partial charge in [-0.1, -0.05) is 23.7 Å². The third-order valence-electron chi connectivity index (χ3n) is 4.09. The van der Waals surface area contributed by atoms with Crippen LogP contribution in [0.1, 0.15) is 5.56 Å². The zero-order valence-corrected chi connectivity index (χ0v) is 12.9. The van der Waals surface area contributed by atoms with Crippen molar-refractivity contribution in [1.82, 2.24) is 5.32 Å². The monoisotopic (exact) mass is 312 g/mol. The molecule has 0 amide bonds. The fraction of sp³-hybridized carbons (Fsp3) is 0.235. The molecule has 0 bridgehead atoms. The van der Waals surface area contributed by atoms with Gasteiger partial charge in [-0.15, -0.1) is 0 Å². The summed E-state index contributed by atoms with van der Waals surface area (Å²) in [6.45, 7) is 3.94. The van der Waals surface area contributed by atoms with E-state index in [0.717, 1.165) is 59.5 Å².